The molecule has 0 radical (unpaired) electrons. The summed E-state index contributed by atoms with van der Waals surface area (Å²) in [5.41, 5.74) is 0. The largest absolute Gasteiger partial charge is 0.454 e. The van der Waals surface area contributed by atoms with Crippen LogP contribution in [-0.4, -0.2) is 53.2 Å². The Labute approximate surface area is 165 Å². The summed E-state index contributed by atoms with van der Waals surface area (Å²) < 4.78 is 35.1. The van der Waals surface area contributed by atoms with Crippen molar-refractivity contribution in [2.24, 2.45) is 5.92 Å². The minimum absolute atomic E-state index is 0.103. The Morgan fingerprint density at radius 2 is 2.14 bits per heavy atom. The third-order valence-electron chi connectivity index (χ3n) is 5.59. The summed E-state index contributed by atoms with van der Waals surface area (Å²) in [5.74, 6) is 0.980. The van der Waals surface area contributed by atoms with Gasteiger partial charge in [0.25, 0.3) is 5.91 Å². The van der Waals surface area contributed by atoms with Crippen LogP contribution in [0.1, 0.15) is 48.9 Å². The quantitative estimate of drug-likeness (QED) is 0.757. The van der Waals surface area contributed by atoms with E-state index >= 15 is 0 Å². The first-order valence-electron chi connectivity index (χ1n) is 9.81. The zero-order valence-electron chi connectivity index (χ0n) is 16.0. The Kier molecular flexibility index (Phi) is 5.29. The molecule has 0 unspecified atom stereocenters. The van der Waals surface area contributed by atoms with E-state index in [0.29, 0.717) is 37.6 Å². The highest BCUT2D eigenvalue weighted by Crippen LogP contribution is 2.30. The molecule has 1 saturated heterocycles. The van der Waals surface area contributed by atoms with Crippen LogP contribution in [0.4, 0.5) is 0 Å². The first-order chi connectivity index (χ1) is 13.5. The first kappa shape index (κ1) is 19.2. The predicted octanol–water partition coefficient (Wildman–Crippen LogP) is 1.85. The number of likely N-dealkylation sites (tertiary alicyclic amines) is 1. The molecular formula is C19H26N4O4S. The van der Waals surface area contributed by atoms with Crippen molar-refractivity contribution in [2.75, 3.05) is 13.1 Å². The van der Waals surface area contributed by atoms with Gasteiger partial charge in [-0.25, -0.2) is 18.1 Å². The molecule has 2 aromatic rings. The second-order valence-electron chi connectivity index (χ2n) is 7.68. The number of nitrogens with one attached hydrogen (secondary N) is 1. The van der Waals surface area contributed by atoms with Crippen molar-refractivity contribution >= 4 is 15.9 Å². The van der Waals surface area contributed by atoms with Crippen LogP contribution in [0, 0.1) is 5.92 Å². The zero-order chi connectivity index (χ0) is 19.7. The van der Waals surface area contributed by atoms with E-state index in [-0.39, 0.29) is 23.1 Å². The van der Waals surface area contributed by atoms with E-state index in [4.69, 9.17) is 4.42 Å². The van der Waals surface area contributed by atoms with Gasteiger partial charge in [-0.15, -0.1) is 0 Å². The van der Waals surface area contributed by atoms with Crippen molar-refractivity contribution in [3.63, 3.8) is 0 Å². The first-order valence-corrected chi connectivity index (χ1v) is 11.4. The number of hydrogen-bond acceptors (Lipinski definition) is 5. The number of furan rings is 1. The van der Waals surface area contributed by atoms with Gasteiger partial charge in [-0.05, 0) is 37.3 Å². The van der Waals surface area contributed by atoms with E-state index in [1.54, 1.807) is 29.6 Å². The van der Waals surface area contributed by atoms with Gasteiger partial charge in [0.1, 0.15) is 5.76 Å². The normalized spacial score (nSPS) is 23.1. The van der Waals surface area contributed by atoms with Crippen LogP contribution in [0.15, 0.2) is 35.3 Å². The van der Waals surface area contributed by atoms with Crippen molar-refractivity contribution in [1.82, 2.24) is 19.2 Å². The average Bonchev–Trinajstić information content (AvgIpc) is 3.26. The Bertz CT molecular complexity index is 918. The number of rotatable bonds is 7. The average molecular weight is 407 g/mol. The lowest BCUT2D eigenvalue weighted by molar-refractivity contribution is 0.0607. The van der Waals surface area contributed by atoms with E-state index in [2.05, 4.69) is 9.71 Å². The number of sulfonamides is 1. The van der Waals surface area contributed by atoms with Gasteiger partial charge in [0, 0.05) is 31.5 Å². The minimum Gasteiger partial charge on any atom is -0.454 e. The third kappa shape index (κ3) is 4.15. The third-order valence-corrected chi connectivity index (χ3v) is 7.57. The van der Waals surface area contributed by atoms with E-state index in [1.165, 1.54) is 0 Å². The maximum Gasteiger partial charge on any atom is 0.289 e. The number of amides is 1. The number of aromatic nitrogens is 2. The maximum absolute atomic E-state index is 12.9. The topological polar surface area (TPSA) is 97.4 Å². The van der Waals surface area contributed by atoms with Gasteiger partial charge in [0.15, 0.2) is 5.76 Å². The number of hydrogen-bond donors (Lipinski definition) is 1. The maximum atomic E-state index is 12.9. The van der Waals surface area contributed by atoms with Crippen molar-refractivity contribution in [3.8, 4) is 0 Å². The van der Waals surface area contributed by atoms with E-state index in [1.807, 2.05) is 17.7 Å². The summed E-state index contributed by atoms with van der Waals surface area (Å²) in [5, 5.41) is -0.221. The molecule has 1 aliphatic carbocycles. The Balaban J connectivity index is 1.38. The fourth-order valence-corrected chi connectivity index (χ4v) is 5.45. The molecule has 0 aromatic carbocycles. The van der Waals surface area contributed by atoms with Gasteiger partial charge in [0.2, 0.25) is 10.0 Å². The predicted molar refractivity (Wildman–Crippen MR) is 103 cm³/mol. The van der Waals surface area contributed by atoms with Crippen LogP contribution in [-0.2, 0) is 16.6 Å². The monoisotopic (exact) mass is 406 g/mol. The lowest BCUT2D eigenvalue weighted by Gasteiger charge is -2.38. The van der Waals surface area contributed by atoms with Crippen LogP contribution < -0.4 is 4.72 Å². The number of nitrogens with zero attached hydrogens (tertiary/aromatic N) is 3. The van der Waals surface area contributed by atoms with Crippen LogP contribution in [0.2, 0.25) is 0 Å². The SMILES string of the molecule is CC[C@@H]1CN(C(=O)c2ccc(Cn3ccnc3)o2)CC[C@@H]1NS(=O)(=O)C1CC1. The van der Waals surface area contributed by atoms with Crippen molar-refractivity contribution in [3.05, 3.63) is 42.4 Å². The number of carbonyl (C=O) groups excluding carboxylic acids is 1. The molecule has 2 aromatic heterocycles. The highest BCUT2D eigenvalue weighted by molar-refractivity contribution is 7.90. The second kappa shape index (κ2) is 7.71. The molecule has 1 saturated carbocycles. The fourth-order valence-electron chi connectivity index (χ4n) is 3.76. The lowest BCUT2D eigenvalue weighted by atomic mass is 9.90. The molecule has 1 amide bonds. The molecule has 2 fully saturated rings. The summed E-state index contributed by atoms with van der Waals surface area (Å²) in [6, 6.07) is 3.41. The van der Waals surface area contributed by atoms with Crippen LogP contribution >= 0.6 is 0 Å². The fraction of sp³-hybridized carbons (Fsp3) is 0.579. The molecule has 152 valence electrons. The molecule has 1 N–H and O–H groups in total. The van der Waals surface area contributed by atoms with Crippen molar-refractivity contribution in [2.45, 2.75) is 50.4 Å². The van der Waals surface area contributed by atoms with Crippen molar-refractivity contribution < 1.29 is 17.6 Å². The van der Waals surface area contributed by atoms with E-state index < -0.39 is 10.0 Å². The second-order valence-corrected chi connectivity index (χ2v) is 9.67. The molecular weight excluding hydrogens is 380 g/mol. The highest BCUT2D eigenvalue weighted by Gasteiger charge is 2.40. The smallest absolute Gasteiger partial charge is 0.289 e. The molecule has 4 rings (SSSR count). The standard InChI is InChI=1S/C19H26N4O4S/c1-2-14-11-23(9-7-17(14)21-28(25,26)16-4-5-16)19(24)18-6-3-15(27-18)12-22-10-8-20-13-22/h3,6,8,10,13-14,16-17,21H,2,4-5,7,9,11-12H2,1H3/t14-,17+/m1/s1. The molecule has 28 heavy (non-hydrogen) atoms. The summed E-state index contributed by atoms with van der Waals surface area (Å²) in [6.07, 6.45) is 8.17. The van der Waals surface area contributed by atoms with E-state index in [0.717, 1.165) is 19.3 Å². The Morgan fingerprint density at radius 1 is 1.32 bits per heavy atom. The van der Waals surface area contributed by atoms with Gasteiger partial charge in [-0.2, -0.15) is 0 Å². The van der Waals surface area contributed by atoms with Crippen LogP contribution in [0.5, 0.6) is 0 Å². The lowest BCUT2D eigenvalue weighted by Crippen LogP contribution is -2.52. The Hall–Kier alpha value is -2.13. The summed E-state index contributed by atoms with van der Waals surface area (Å²) in [6.45, 7) is 3.61. The molecule has 1 aliphatic heterocycles. The van der Waals surface area contributed by atoms with Gasteiger partial charge >= 0.3 is 0 Å². The minimum atomic E-state index is -3.22. The number of carbonyl (C=O) groups is 1. The van der Waals surface area contributed by atoms with Crippen molar-refractivity contribution in [1.29, 1.82) is 0 Å². The molecule has 0 spiro atoms. The van der Waals surface area contributed by atoms with Gasteiger partial charge in [-0.1, -0.05) is 13.3 Å². The molecule has 0 bridgehead atoms. The molecule has 2 atom stereocenters. The van der Waals surface area contributed by atoms with Crippen LogP contribution in [0.3, 0.4) is 0 Å². The molecule has 2 aliphatic rings. The van der Waals surface area contributed by atoms with Gasteiger partial charge < -0.3 is 13.9 Å². The molecule has 8 nitrogen and oxygen atoms in total. The van der Waals surface area contributed by atoms with E-state index in [9.17, 15) is 13.2 Å². The van der Waals surface area contributed by atoms with Gasteiger partial charge in [0.05, 0.1) is 18.1 Å². The highest BCUT2D eigenvalue weighted by atomic mass is 32.2. The summed E-state index contributed by atoms with van der Waals surface area (Å²) in [4.78, 5) is 18.6. The van der Waals surface area contributed by atoms with Crippen LogP contribution in [0.25, 0.3) is 0 Å². The molecule has 9 heteroatoms. The summed E-state index contributed by atoms with van der Waals surface area (Å²) >= 11 is 0. The van der Waals surface area contributed by atoms with Gasteiger partial charge in [-0.3, -0.25) is 4.79 Å². The Morgan fingerprint density at radius 3 is 2.82 bits per heavy atom. The zero-order valence-corrected chi connectivity index (χ0v) is 16.8. The summed E-state index contributed by atoms with van der Waals surface area (Å²) in [7, 11) is -3.22. The number of imidazole rings is 1. The molecule has 3 heterocycles. The number of piperidine rings is 1.